The largest absolute Gasteiger partial charge is 0.480 e. The van der Waals surface area contributed by atoms with Gasteiger partial charge in [0.25, 0.3) is 0 Å². The molecule has 18 heteroatoms. The van der Waals surface area contributed by atoms with Crippen LogP contribution in [0.2, 0.25) is 0 Å². The number of carbonyl (C=O) groups excluding carboxylic acids is 6. The molecule has 3 fully saturated rings. The molecule has 298 valence electrons. The van der Waals surface area contributed by atoms with Gasteiger partial charge >= 0.3 is 5.97 Å². The van der Waals surface area contributed by atoms with Gasteiger partial charge in [-0.25, -0.2) is 4.79 Å². The molecule has 7 atom stereocenters. The number of amides is 6. The molecular formula is C35H60N10O8. The Bertz CT molecular complexity index is 1390. The highest BCUT2D eigenvalue weighted by atomic mass is 16.4. The third-order valence-corrected chi connectivity index (χ3v) is 10.1. The van der Waals surface area contributed by atoms with E-state index in [2.05, 4.69) is 20.9 Å². The molecule has 3 heterocycles. The third kappa shape index (κ3) is 11.5. The van der Waals surface area contributed by atoms with Gasteiger partial charge in [-0.15, -0.1) is 0 Å². The number of nitrogens with zero attached hydrogens (tertiary/aromatic N) is 4. The average molecular weight is 749 g/mol. The van der Waals surface area contributed by atoms with Crippen LogP contribution in [0.4, 0.5) is 0 Å². The van der Waals surface area contributed by atoms with Crippen molar-refractivity contribution >= 4 is 47.4 Å². The zero-order chi connectivity index (χ0) is 39.6. The van der Waals surface area contributed by atoms with E-state index in [4.69, 9.17) is 17.2 Å². The summed E-state index contributed by atoms with van der Waals surface area (Å²) in [5.74, 6) is -4.45. The van der Waals surface area contributed by atoms with Gasteiger partial charge in [0, 0.05) is 26.2 Å². The first-order valence-electron chi connectivity index (χ1n) is 18.8. The van der Waals surface area contributed by atoms with Gasteiger partial charge in [-0.1, -0.05) is 27.7 Å². The lowest BCUT2D eigenvalue weighted by atomic mass is 10.0. The number of nitrogens with two attached hydrogens (primary N) is 3. The molecule has 0 saturated carbocycles. The van der Waals surface area contributed by atoms with Crippen LogP contribution in [0.25, 0.3) is 0 Å². The minimum Gasteiger partial charge on any atom is -0.480 e. The molecule has 0 aromatic heterocycles. The summed E-state index contributed by atoms with van der Waals surface area (Å²) < 4.78 is 0. The Morgan fingerprint density at radius 1 is 0.736 bits per heavy atom. The topological polar surface area (TPSA) is 276 Å². The number of aliphatic imine (C=N–C) groups is 1. The molecule has 0 spiro atoms. The Balaban J connectivity index is 1.66. The molecule has 0 radical (unpaired) electrons. The van der Waals surface area contributed by atoms with Crippen LogP contribution in [0.5, 0.6) is 0 Å². The first kappa shape index (κ1) is 42.9. The van der Waals surface area contributed by atoms with E-state index in [-0.39, 0.29) is 36.8 Å². The first-order chi connectivity index (χ1) is 24.9. The second-order valence-electron chi connectivity index (χ2n) is 15.1. The van der Waals surface area contributed by atoms with Gasteiger partial charge < -0.3 is 53.0 Å². The predicted molar refractivity (Wildman–Crippen MR) is 195 cm³/mol. The first-order valence-corrected chi connectivity index (χ1v) is 18.8. The number of nitrogens with one attached hydrogen (secondary N) is 3. The normalized spacial score (nSPS) is 22.3. The van der Waals surface area contributed by atoms with Crippen molar-refractivity contribution in [2.75, 3.05) is 26.2 Å². The lowest BCUT2D eigenvalue weighted by Crippen LogP contribution is -2.60. The number of carboxylic acid groups (broad SMARTS) is 1. The minimum atomic E-state index is -1.10. The minimum absolute atomic E-state index is 0.00383. The maximum absolute atomic E-state index is 14.1. The molecule has 3 saturated heterocycles. The zero-order valence-corrected chi connectivity index (χ0v) is 31.7. The van der Waals surface area contributed by atoms with Crippen LogP contribution in [0.15, 0.2) is 4.99 Å². The van der Waals surface area contributed by atoms with Gasteiger partial charge in [0.2, 0.25) is 35.4 Å². The van der Waals surface area contributed by atoms with Crippen molar-refractivity contribution in [2.45, 2.75) is 135 Å². The van der Waals surface area contributed by atoms with Gasteiger partial charge in [-0.05, 0) is 76.5 Å². The highest BCUT2D eigenvalue weighted by Gasteiger charge is 2.42. The smallest absolute Gasteiger partial charge is 0.326 e. The summed E-state index contributed by atoms with van der Waals surface area (Å²) in [6, 6.07) is -6.52. The van der Waals surface area contributed by atoms with Crippen molar-refractivity contribution in [3.05, 3.63) is 0 Å². The Labute approximate surface area is 311 Å². The van der Waals surface area contributed by atoms with Crippen molar-refractivity contribution in [2.24, 2.45) is 34.0 Å². The van der Waals surface area contributed by atoms with Crippen molar-refractivity contribution in [1.29, 1.82) is 0 Å². The van der Waals surface area contributed by atoms with E-state index in [1.54, 1.807) is 13.8 Å². The molecular weight excluding hydrogens is 688 g/mol. The molecule has 0 aromatic carbocycles. The molecule has 3 aliphatic heterocycles. The second-order valence-corrected chi connectivity index (χ2v) is 15.1. The summed E-state index contributed by atoms with van der Waals surface area (Å²) in [5, 5.41) is 17.8. The molecule has 0 unspecified atom stereocenters. The van der Waals surface area contributed by atoms with Crippen LogP contribution in [-0.2, 0) is 33.6 Å². The van der Waals surface area contributed by atoms with Crippen molar-refractivity contribution in [3.63, 3.8) is 0 Å². The van der Waals surface area contributed by atoms with Crippen molar-refractivity contribution < 1.29 is 38.7 Å². The number of rotatable bonds is 17. The van der Waals surface area contributed by atoms with Crippen molar-refractivity contribution in [1.82, 2.24) is 30.7 Å². The Hall–Kier alpha value is -4.48. The predicted octanol–water partition coefficient (Wildman–Crippen LogP) is -1.40. The SMILES string of the molecule is CC(C)C[C@H](NC(=O)[C@@H]1CCCN1C(=O)[C@@H](N)CCCN=C(N)N)C(=O)N1CCC[C@H]1C(=O)N[C@H](C(=O)N[C@@H](C)C(=O)N1CCC[C@H]1C(=O)O)C(C)C. The van der Waals surface area contributed by atoms with E-state index in [9.17, 15) is 38.7 Å². The van der Waals surface area contributed by atoms with Crippen LogP contribution >= 0.6 is 0 Å². The lowest BCUT2D eigenvalue weighted by Gasteiger charge is -2.33. The fourth-order valence-electron chi connectivity index (χ4n) is 7.31. The number of carboxylic acids is 1. The van der Waals surface area contributed by atoms with Crippen LogP contribution < -0.4 is 33.2 Å². The fourth-order valence-corrected chi connectivity index (χ4v) is 7.31. The molecule has 10 N–H and O–H groups in total. The summed E-state index contributed by atoms with van der Waals surface area (Å²) in [6.07, 6.45) is 3.88. The van der Waals surface area contributed by atoms with Crippen molar-refractivity contribution in [3.8, 4) is 0 Å². The molecule has 18 nitrogen and oxygen atoms in total. The van der Waals surface area contributed by atoms with Crippen LogP contribution in [-0.4, -0.2) is 136 Å². The van der Waals surface area contributed by atoms with Gasteiger partial charge in [0.1, 0.15) is 36.3 Å². The Morgan fingerprint density at radius 2 is 1.25 bits per heavy atom. The highest BCUT2D eigenvalue weighted by Crippen LogP contribution is 2.24. The number of aliphatic carboxylic acids is 1. The van der Waals surface area contributed by atoms with Crippen LogP contribution in [0.1, 0.15) is 92.4 Å². The van der Waals surface area contributed by atoms with E-state index in [1.807, 2.05) is 13.8 Å². The van der Waals surface area contributed by atoms with Crippen LogP contribution in [0.3, 0.4) is 0 Å². The average Bonchev–Trinajstić information content (AvgIpc) is 3.88. The van der Waals surface area contributed by atoms with Gasteiger partial charge in [-0.3, -0.25) is 33.8 Å². The van der Waals surface area contributed by atoms with Gasteiger partial charge in [-0.2, -0.15) is 0 Å². The summed E-state index contributed by atoms with van der Waals surface area (Å²) in [4.78, 5) is 101. The Morgan fingerprint density at radius 3 is 1.75 bits per heavy atom. The van der Waals surface area contributed by atoms with E-state index in [1.165, 1.54) is 21.6 Å². The van der Waals surface area contributed by atoms with Gasteiger partial charge in [0.05, 0.1) is 6.04 Å². The number of hydrogen-bond acceptors (Lipinski definition) is 9. The summed E-state index contributed by atoms with van der Waals surface area (Å²) >= 11 is 0. The maximum atomic E-state index is 14.1. The quantitative estimate of drug-likeness (QED) is 0.0516. The van der Waals surface area contributed by atoms with E-state index in [0.29, 0.717) is 70.9 Å². The molecule has 3 aliphatic rings. The van der Waals surface area contributed by atoms with Crippen LogP contribution in [0, 0.1) is 11.8 Å². The van der Waals surface area contributed by atoms with E-state index >= 15 is 0 Å². The number of hydrogen-bond donors (Lipinski definition) is 7. The monoisotopic (exact) mass is 748 g/mol. The van der Waals surface area contributed by atoms with E-state index in [0.717, 1.165) is 0 Å². The summed E-state index contributed by atoms with van der Waals surface area (Å²) in [5.41, 5.74) is 16.9. The molecule has 0 aromatic rings. The molecule has 6 amide bonds. The zero-order valence-electron chi connectivity index (χ0n) is 31.7. The standard InChI is InChI=1S/C35H60N10O8/c1-19(2)18-23(41-28(46)24-11-7-15-43(24)32(50)22(36)10-6-14-39-35(37)38)33(51)44-16-8-12-25(44)29(47)42-27(20(3)4)30(48)40-21(5)31(49)45-17-9-13-26(45)34(52)53/h19-27H,6-18,36H2,1-5H3,(H,40,48)(H,41,46)(H,42,47)(H,52,53)(H4,37,38,39)/t21-,22-,23-,24-,25-,26-,27-/m0/s1. The summed E-state index contributed by atoms with van der Waals surface area (Å²) in [6.45, 7) is 10.0. The van der Waals surface area contributed by atoms with Gasteiger partial charge in [0.15, 0.2) is 5.96 Å². The third-order valence-electron chi connectivity index (χ3n) is 10.1. The Kier molecular flexibility index (Phi) is 15.8. The lowest BCUT2D eigenvalue weighted by molar-refractivity contribution is -0.149. The molecule has 53 heavy (non-hydrogen) atoms. The van der Waals surface area contributed by atoms with E-state index < -0.39 is 77.8 Å². The fraction of sp³-hybridized carbons (Fsp3) is 0.771. The molecule has 0 aliphatic carbocycles. The number of guanidine groups is 1. The number of likely N-dealkylation sites (tertiary alicyclic amines) is 3. The summed E-state index contributed by atoms with van der Waals surface area (Å²) in [7, 11) is 0. The second kappa shape index (κ2) is 19.6. The maximum Gasteiger partial charge on any atom is 0.326 e. The highest BCUT2D eigenvalue weighted by molar-refractivity contribution is 5.97. The molecule has 0 bridgehead atoms. The number of carbonyl (C=O) groups is 7. The molecule has 3 rings (SSSR count).